The largest absolute Gasteiger partial charge is 0.327 e. The molecule has 0 amide bonds. The second kappa shape index (κ2) is 6.20. The number of nitrogens with zero attached hydrogens (tertiary/aromatic N) is 1. The van der Waals surface area contributed by atoms with E-state index in [0.29, 0.717) is 6.04 Å². The van der Waals surface area contributed by atoms with E-state index in [1.165, 1.54) is 0 Å². The van der Waals surface area contributed by atoms with Gasteiger partial charge in [-0.3, -0.25) is 0 Å². The van der Waals surface area contributed by atoms with Crippen LogP contribution in [0, 0.1) is 6.92 Å². The first kappa shape index (κ1) is 12.6. The van der Waals surface area contributed by atoms with E-state index in [1.807, 2.05) is 6.92 Å². The molecule has 0 saturated carbocycles. The Hall–Kier alpha value is -0.450. The topological polar surface area (TPSA) is 50.9 Å². The third-order valence-electron chi connectivity index (χ3n) is 2.35. The minimum atomic E-state index is 0.263. The van der Waals surface area contributed by atoms with Crippen LogP contribution in [-0.2, 0) is 0 Å². The molecule has 2 unspecified atom stereocenters. The Balaban J connectivity index is 2.33. The predicted octanol–water partition coefficient (Wildman–Crippen LogP) is 2.23. The lowest BCUT2D eigenvalue weighted by atomic mass is 10.2. The predicted molar refractivity (Wildman–Crippen MR) is 66.2 cm³/mol. The van der Waals surface area contributed by atoms with Crippen LogP contribution in [0.5, 0.6) is 0 Å². The second-order valence-electron chi connectivity index (χ2n) is 4.01. The zero-order chi connectivity index (χ0) is 11.3. The average Bonchev–Trinajstić information content (AvgIpc) is 2.62. The molecular formula is C11H21N3S. The molecule has 1 heterocycles. The monoisotopic (exact) mass is 227 g/mol. The molecule has 1 rings (SSSR count). The van der Waals surface area contributed by atoms with Gasteiger partial charge in [-0.15, -0.1) is 11.3 Å². The molecule has 2 atom stereocenters. The molecule has 0 aliphatic carbocycles. The van der Waals surface area contributed by atoms with Crippen LogP contribution in [0.1, 0.15) is 43.4 Å². The van der Waals surface area contributed by atoms with E-state index in [1.54, 1.807) is 11.3 Å². The van der Waals surface area contributed by atoms with Gasteiger partial charge in [-0.2, -0.15) is 0 Å². The van der Waals surface area contributed by atoms with Gasteiger partial charge < -0.3 is 11.1 Å². The zero-order valence-corrected chi connectivity index (χ0v) is 10.6. The molecule has 86 valence electrons. The Kier molecular flexibility index (Phi) is 5.22. The van der Waals surface area contributed by atoms with Crippen LogP contribution in [0.4, 0.5) is 0 Å². The van der Waals surface area contributed by atoms with E-state index in [4.69, 9.17) is 5.73 Å². The summed E-state index contributed by atoms with van der Waals surface area (Å²) in [5.41, 5.74) is 7.03. The quantitative estimate of drug-likeness (QED) is 0.783. The molecule has 0 aliphatic heterocycles. The molecule has 3 N–H and O–H groups in total. The molecule has 0 bridgehead atoms. The summed E-state index contributed by atoms with van der Waals surface area (Å²) in [6.45, 7) is 7.19. The Labute approximate surface area is 96.1 Å². The molecule has 0 saturated heterocycles. The highest BCUT2D eigenvalue weighted by atomic mass is 32.1. The van der Waals surface area contributed by atoms with Crippen LogP contribution < -0.4 is 11.1 Å². The van der Waals surface area contributed by atoms with Crippen molar-refractivity contribution in [3.8, 4) is 0 Å². The molecule has 3 nitrogen and oxygen atoms in total. The maximum absolute atomic E-state index is 5.94. The normalized spacial score (nSPS) is 15.2. The fourth-order valence-corrected chi connectivity index (χ4v) is 2.29. The van der Waals surface area contributed by atoms with Crippen LogP contribution >= 0.6 is 11.3 Å². The van der Waals surface area contributed by atoms with Gasteiger partial charge in [-0.05, 0) is 20.3 Å². The summed E-state index contributed by atoms with van der Waals surface area (Å²) < 4.78 is 0. The second-order valence-corrected chi connectivity index (χ2v) is 4.90. The molecule has 0 spiro atoms. The molecule has 15 heavy (non-hydrogen) atoms. The molecule has 0 aromatic carbocycles. The number of nitrogens with two attached hydrogens (primary N) is 1. The van der Waals surface area contributed by atoms with E-state index >= 15 is 0 Å². The molecule has 4 heteroatoms. The number of rotatable bonds is 6. The fraction of sp³-hybridized carbons (Fsp3) is 0.727. The number of hydrogen-bond donors (Lipinski definition) is 2. The Morgan fingerprint density at radius 3 is 2.87 bits per heavy atom. The summed E-state index contributed by atoms with van der Waals surface area (Å²) in [4.78, 5) is 4.45. The van der Waals surface area contributed by atoms with Crippen molar-refractivity contribution < 1.29 is 0 Å². The lowest BCUT2D eigenvalue weighted by Gasteiger charge is -2.15. The van der Waals surface area contributed by atoms with E-state index in [0.717, 1.165) is 30.1 Å². The summed E-state index contributed by atoms with van der Waals surface area (Å²) in [6.07, 6.45) is 2.23. The molecular weight excluding hydrogens is 206 g/mol. The molecule has 1 aromatic rings. The van der Waals surface area contributed by atoms with Crippen molar-refractivity contribution in [3.05, 3.63) is 16.1 Å². The van der Waals surface area contributed by atoms with Crippen LogP contribution in [-0.4, -0.2) is 17.6 Å². The standard InChI is InChI=1S/C11H21N3S/c1-4-5-10(12)6-13-9(3)11-14-8(2)7-15-11/h7,9-10,13H,4-6,12H2,1-3H3. The van der Waals surface area contributed by atoms with Gasteiger partial charge in [-0.25, -0.2) is 4.98 Å². The van der Waals surface area contributed by atoms with Gasteiger partial charge in [0.15, 0.2) is 0 Å². The lowest BCUT2D eigenvalue weighted by molar-refractivity contribution is 0.492. The van der Waals surface area contributed by atoms with Gasteiger partial charge in [0.25, 0.3) is 0 Å². The first-order valence-electron chi connectivity index (χ1n) is 5.54. The highest BCUT2D eigenvalue weighted by Crippen LogP contribution is 2.17. The van der Waals surface area contributed by atoms with Gasteiger partial charge in [0.05, 0.1) is 6.04 Å². The molecule has 1 aromatic heterocycles. The lowest BCUT2D eigenvalue weighted by Crippen LogP contribution is -2.34. The summed E-state index contributed by atoms with van der Waals surface area (Å²) in [5, 5.41) is 6.65. The Morgan fingerprint density at radius 2 is 2.33 bits per heavy atom. The highest BCUT2D eigenvalue weighted by Gasteiger charge is 2.10. The van der Waals surface area contributed by atoms with E-state index in [9.17, 15) is 0 Å². The number of aromatic nitrogens is 1. The number of nitrogens with one attached hydrogen (secondary N) is 1. The van der Waals surface area contributed by atoms with Crippen molar-refractivity contribution in [2.24, 2.45) is 5.73 Å². The minimum Gasteiger partial charge on any atom is -0.327 e. The maximum atomic E-state index is 5.94. The minimum absolute atomic E-state index is 0.263. The highest BCUT2D eigenvalue weighted by molar-refractivity contribution is 7.09. The van der Waals surface area contributed by atoms with Gasteiger partial charge in [-0.1, -0.05) is 13.3 Å². The van der Waals surface area contributed by atoms with E-state index in [2.05, 4.69) is 29.5 Å². The average molecular weight is 227 g/mol. The van der Waals surface area contributed by atoms with Gasteiger partial charge in [0.2, 0.25) is 0 Å². The first-order chi connectivity index (χ1) is 7.13. The third kappa shape index (κ3) is 4.28. The third-order valence-corrected chi connectivity index (χ3v) is 3.50. The van der Waals surface area contributed by atoms with Crippen LogP contribution in [0.25, 0.3) is 0 Å². The van der Waals surface area contributed by atoms with Gasteiger partial charge >= 0.3 is 0 Å². The smallest absolute Gasteiger partial charge is 0.110 e. The van der Waals surface area contributed by atoms with Gasteiger partial charge in [0.1, 0.15) is 5.01 Å². The van der Waals surface area contributed by atoms with Crippen LogP contribution in [0.2, 0.25) is 0 Å². The van der Waals surface area contributed by atoms with Crippen molar-refractivity contribution in [1.29, 1.82) is 0 Å². The number of thiazole rings is 1. The Bertz CT molecular complexity index is 285. The Morgan fingerprint density at radius 1 is 1.60 bits per heavy atom. The number of hydrogen-bond acceptors (Lipinski definition) is 4. The van der Waals surface area contributed by atoms with E-state index in [-0.39, 0.29) is 6.04 Å². The SMILES string of the molecule is CCCC(N)CNC(C)c1nc(C)cs1. The fourth-order valence-electron chi connectivity index (χ4n) is 1.46. The molecule has 0 aliphatic rings. The summed E-state index contributed by atoms with van der Waals surface area (Å²) >= 11 is 1.71. The van der Waals surface area contributed by atoms with Crippen molar-refractivity contribution in [2.75, 3.05) is 6.54 Å². The van der Waals surface area contributed by atoms with Crippen molar-refractivity contribution in [2.45, 2.75) is 45.7 Å². The molecule has 0 radical (unpaired) electrons. The van der Waals surface area contributed by atoms with Crippen molar-refractivity contribution >= 4 is 11.3 Å². The summed E-state index contributed by atoms with van der Waals surface area (Å²) in [5.74, 6) is 0. The zero-order valence-electron chi connectivity index (χ0n) is 9.79. The van der Waals surface area contributed by atoms with Crippen LogP contribution in [0.3, 0.4) is 0 Å². The van der Waals surface area contributed by atoms with Crippen LogP contribution in [0.15, 0.2) is 5.38 Å². The first-order valence-corrected chi connectivity index (χ1v) is 6.42. The summed E-state index contributed by atoms with van der Waals surface area (Å²) in [7, 11) is 0. The maximum Gasteiger partial charge on any atom is 0.110 e. The van der Waals surface area contributed by atoms with E-state index < -0.39 is 0 Å². The molecule has 0 fully saturated rings. The van der Waals surface area contributed by atoms with Gasteiger partial charge in [0, 0.05) is 23.7 Å². The van der Waals surface area contributed by atoms with Crippen molar-refractivity contribution in [3.63, 3.8) is 0 Å². The van der Waals surface area contributed by atoms with Crippen molar-refractivity contribution in [1.82, 2.24) is 10.3 Å². The summed E-state index contributed by atoms with van der Waals surface area (Å²) in [6, 6.07) is 0.574. The number of aryl methyl sites for hydroxylation is 1.